The van der Waals surface area contributed by atoms with E-state index in [0.717, 1.165) is 24.2 Å². The Morgan fingerprint density at radius 3 is 2.90 bits per heavy atom. The van der Waals surface area contributed by atoms with Crippen LogP contribution in [-0.2, 0) is 0 Å². The topological polar surface area (TPSA) is 59.4 Å². The fourth-order valence-electron chi connectivity index (χ4n) is 3.33. The number of anilines is 1. The molecule has 1 aromatic carbocycles. The number of nitriles is 1. The van der Waals surface area contributed by atoms with Gasteiger partial charge in [0.15, 0.2) is 0 Å². The van der Waals surface area contributed by atoms with Gasteiger partial charge in [0.2, 0.25) is 0 Å². The molecule has 0 unspecified atom stereocenters. The summed E-state index contributed by atoms with van der Waals surface area (Å²) in [5.74, 6) is 0. The normalized spacial score (nSPS) is 24.4. The lowest BCUT2D eigenvalue weighted by Gasteiger charge is -2.21. The molecule has 2 aliphatic rings. The van der Waals surface area contributed by atoms with Crippen LogP contribution in [0.4, 0.5) is 10.5 Å². The highest BCUT2D eigenvalue weighted by atomic mass is 35.5. The molecular weight excluding hydrogens is 288 g/mol. The zero-order chi connectivity index (χ0) is 15.1. The standard InChI is InChI=1S/C15H17ClN4O/c1-9-12(4-3-10(7-17)14(9)16)20-8-13-11(18-2)5-6-19(13)15(20)21/h3-4,11,13,18H,5-6,8H2,1-2H3/t11-,13-/m1/s1. The largest absolute Gasteiger partial charge is 0.324 e. The van der Waals surface area contributed by atoms with E-state index in [1.165, 1.54) is 0 Å². The van der Waals surface area contributed by atoms with Gasteiger partial charge in [-0.3, -0.25) is 4.90 Å². The second kappa shape index (κ2) is 5.21. The number of rotatable bonds is 2. The van der Waals surface area contributed by atoms with Crippen LogP contribution in [0.1, 0.15) is 17.5 Å². The number of nitrogens with zero attached hydrogens (tertiary/aromatic N) is 3. The van der Waals surface area contributed by atoms with Crippen LogP contribution in [-0.4, -0.2) is 43.2 Å². The van der Waals surface area contributed by atoms with Gasteiger partial charge in [0.1, 0.15) is 6.07 Å². The number of carbonyl (C=O) groups excluding carboxylic acids is 1. The Balaban J connectivity index is 1.95. The number of hydrogen-bond acceptors (Lipinski definition) is 3. The monoisotopic (exact) mass is 304 g/mol. The van der Waals surface area contributed by atoms with Gasteiger partial charge in [-0.15, -0.1) is 0 Å². The van der Waals surface area contributed by atoms with E-state index in [0.29, 0.717) is 23.2 Å². The van der Waals surface area contributed by atoms with Crippen molar-refractivity contribution in [3.8, 4) is 6.07 Å². The Kier molecular flexibility index (Phi) is 3.52. The predicted octanol–water partition coefficient (Wildman–Crippen LogP) is 2.12. The van der Waals surface area contributed by atoms with Crippen molar-refractivity contribution in [2.45, 2.75) is 25.4 Å². The number of nitrogens with one attached hydrogen (secondary N) is 1. The molecule has 0 bridgehead atoms. The fourth-order valence-corrected chi connectivity index (χ4v) is 3.53. The zero-order valence-electron chi connectivity index (χ0n) is 12.1. The van der Waals surface area contributed by atoms with E-state index in [4.69, 9.17) is 16.9 Å². The van der Waals surface area contributed by atoms with Crippen molar-refractivity contribution in [2.24, 2.45) is 0 Å². The van der Waals surface area contributed by atoms with Crippen molar-refractivity contribution >= 4 is 23.3 Å². The highest BCUT2D eigenvalue weighted by Gasteiger charge is 2.45. The van der Waals surface area contributed by atoms with E-state index in [-0.39, 0.29) is 12.1 Å². The molecule has 2 heterocycles. The van der Waals surface area contributed by atoms with Crippen LogP contribution in [0.5, 0.6) is 0 Å². The first-order valence-electron chi connectivity index (χ1n) is 7.03. The second-order valence-electron chi connectivity index (χ2n) is 5.52. The Morgan fingerprint density at radius 1 is 1.48 bits per heavy atom. The minimum atomic E-state index is 0.0293. The molecule has 2 fully saturated rings. The maximum Gasteiger partial charge on any atom is 0.324 e. The van der Waals surface area contributed by atoms with E-state index in [1.807, 2.05) is 24.9 Å². The average molecular weight is 305 g/mol. The maximum absolute atomic E-state index is 12.6. The minimum Gasteiger partial charge on any atom is -0.318 e. The number of likely N-dealkylation sites (N-methyl/N-ethyl adjacent to an activating group) is 1. The molecule has 110 valence electrons. The maximum atomic E-state index is 12.6. The van der Waals surface area contributed by atoms with E-state index in [9.17, 15) is 4.79 Å². The van der Waals surface area contributed by atoms with Crippen LogP contribution < -0.4 is 10.2 Å². The van der Waals surface area contributed by atoms with Crippen LogP contribution in [0.2, 0.25) is 5.02 Å². The van der Waals surface area contributed by atoms with Crippen molar-refractivity contribution in [3.63, 3.8) is 0 Å². The van der Waals surface area contributed by atoms with Crippen molar-refractivity contribution in [1.29, 1.82) is 5.26 Å². The third-order valence-corrected chi connectivity index (χ3v) is 5.02. The van der Waals surface area contributed by atoms with Gasteiger partial charge in [0.05, 0.1) is 16.6 Å². The van der Waals surface area contributed by atoms with E-state index in [1.54, 1.807) is 11.0 Å². The molecule has 3 rings (SSSR count). The highest BCUT2D eigenvalue weighted by molar-refractivity contribution is 6.33. The molecule has 0 aliphatic carbocycles. The number of halogens is 1. The number of carbonyl (C=O) groups is 1. The Labute approximate surface area is 129 Å². The van der Waals surface area contributed by atoms with Gasteiger partial charge >= 0.3 is 6.03 Å². The lowest BCUT2D eigenvalue weighted by molar-refractivity contribution is 0.217. The summed E-state index contributed by atoms with van der Waals surface area (Å²) in [6.45, 7) is 3.30. The molecule has 1 aromatic rings. The molecule has 0 radical (unpaired) electrons. The number of benzene rings is 1. The number of urea groups is 1. The molecular formula is C15H17ClN4O. The molecule has 2 atom stereocenters. The lowest BCUT2D eigenvalue weighted by atomic mass is 10.1. The summed E-state index contributed by atoms with van der Waals surface area (Å²) in [4.78, 5) is 16.3. The number of hydrogen-bond donors (Lipinski definition) is 1. The SMILES string of the molecule is CN[C@@H]1CCN2C(=O)N(c3ccc(C#N)c(Cl)c3C)C[C@H]12. The molecule has 0 saturated carbocycles. The van der Waals surface area contributed by atoms with Crippen LogP contribution in [0.15, 0.2) is 12.1 Å². The summed E-state index contributed by atoms with van der Waals surface area (Å²) < 4.78 is 0. The molecule has 2 aliphatic heterocycles. The van der Waals surface area contributed by atoms with E-state index in [2.05, 4.69) is 11.4 Å². The molecule has 0 spiro atoms. The van der Waals surface area contributed by atoms with Crippen LogP contribution in [0, 0.1) is 18.3 Å². The average Bonchev–Trinajstić information content (AvgIpc) is 3.02. The quantitative estimate of drug-likeness (QED) is 0.910. The number of fused-ring (bicyclic) bond motifs is 1. The Bertz CT molecular complexity index is 639. The second-order valence-corrected chi connectivity index (χ2v) is 5.90. The first-order chi connectivity index (χ1) is 10.1. The molecule has 0 aromatic heterocycles. The number of amides is 2. The minimum absolute atomic E-state index is 0.0293. The van der Waals surface area contributed by atoms with E-state index >= 15 is 0 Å². The third kappa shape index (κ3) is 2.06. The van der Waals surface area contributed by atoms with Gasteiger partial charge in [0, 0.05) is 24.8 Å². The first kappa shape index (κ1) is 14.2. The Hall–Kier alpha value is -1.77. The van der Waals surface area contributed by atoms with Gasteiger partial charge in [0.25, 0.3) is 0 Å². The third-order valence-electron chi connectivity index (χ3n) is 4.53. The van der Waals surface area contributed by atoms with Crippen LogP contribution >= 0.6 is 11.6 Å². The molecule has 2 amide bonds. The van der Waals surface area contributed by atoms with Crippen molar-refractivity contribution in [3.05, 3.63) is 28.3 Å². The van der Waals surface area contributed by atoms with Crippen molar-refractivity contribution in [2.75, 3.05) is 25.0 Å². The molecule has 5 nitrogen and oxygen atoms in total. The Morgan fingerprint density at radius 2 is 2.24 bits per heavy atom. The highest BCUT2D eigenvalue weighted by Crippen LogP contribution is 2.35. The summed E-state index contributed by atoms with van der Waals surface area (Å²) in [7, 11) is 1.94. The summed E-state index contributed by atoms with van der Waals surface area (Å²) in [5.41, 5.74) is 2.03. The molecule has 2 saturated heterocycles. The zero-order valence-corrected chi connectivity index (χ0v) is 12.8. The van der Waals surface area contributed by atoms with Crippen LogP contribution in [0.3, 0.4) is 0 Å². The summed E-state index contributed by atoms with van der Waals surface area (Å²) in [5, 5.41) is 12.7. The van der Waals surface area contributed by atoms with E-state index < -0.39 is 0 Å². The molecule has 1 N–H and O–H groups in total. The fraction of sp³-hybridized carbons (Fsp3) is 0.467. The summed E-state index contributed by atoms with van der Waals surface area (Å²) in [6.07, 6.45) is 0.994. The lowest BCUT2D eigenvalue weighted by Crippen LogP contribution is -2.39. The van der Waals surface area contributed by atoms with Gasteiger partial charge < -0.3 is 10.2 Å². The van der Waals surface area contributed by atoms with Crippen molar-refractivity contribution < 1.29 is 4.79 Å². The first-order valence-corrected chi connectivity index (χ1v) is 7.41. The molecule has 21 heavy (non-hydrogen) atoms. The van der Waals surface area contributed by atoms with Crippen molar-refractivity contribution in [1.82, 2.24) is 10.2 Å². The molecule has 6 heteroatoms. The summed E-state index contributed by atoms with van der Waals surface area (Å²) in [6, 6.07) is 6.13. The smallest absolute Gasteiger partial charge is 0.318 e. The van der Waals surface area contributed by atoms with Gasteiger partial charge in [-0.1, -0.05) is 11.6 Å². The summed E-state index contributed by atoms with van der Waals surface area (Å²) >= 11 is 6.21. The predicted molar refractivity (Wildman–Crippen MR) is 81.6 cm³/mol. The van der Waals surface area contributed by atoms with Gasteiger partial charge in [-0.05, 0) is 38.1 Å². The van der Waals surface area contributed by atoms with Gasteiger partial charge in [-0.2, -0.15) is 5.26 Å². The van der Waals surface area contributed by atoms with Gasteiger partial charge in [-0.25, -0.2) is 4.79 Å². The van der Waals surface area contributed by atoms with Crippen LogP contribution in [0.25, 0.3) is 0 Å².